The first kappa shape index (κ1) is 23.4. The van der Waals surface area contributed by atoms with Crippen molar-refractivity contribution >= 4 is 34.1 Å². The number of hydrogen-bond donors (Lipinski definition) is 1. The van der Waals surface area contributed by atoms with Gasteiger partial charge in [0.2, 0.25) is 0 Å². The Morgan fingerprint density at radius 1 is 0.943 bits per heavy atom. The SMILES string of the molecule is Cc1cc(Cl)ccc1[C@@](N)(c1ccc2c(c1)c(-c1cccc(Cl)c1)cc(=O)n2C)c1cncn1C. The van der Waals surface area contributed by atoms with Crippen molar-refractivity contribution in [3.05, 3.63) is 122 Å². The molecular weight excluding hydrogens is 479 g/mol. The van der Waals surface area contributed by atoms with E-state index < -0.39 is 5.54 Å². The summed E-state index contributed by atoms with van der Waals surface area (Å²) in [4.78, 5) is 17.2. The predicted molar refractivity (Wildman–Crippen MR) is 143 cm³/mol. The van der Waals surface area contributed by atoms with E-state index >= 15 is 0 Å². The Labute approximate surface area is 213 Å². The fourth-order valence-corrected chi connectivity index (χ4v) is 5.27. The zero-order chi connectivity index (χ0) is 24.9. The van der Waals surface area contributed by atoms with Gasteiger partial charge in [-0.2, -0.15) is 0 Å². The molecule has 0 aliphatic heterocycles. The van der Waals surface area contributed by atoms with Crippen LogP contribution in [0.25, 0.3) is 22.0 Å². The van der Waals surface area contributed by atoms with Gasteiger partial charge in [-0.05, 0) is 71.1 Å². The van der Waals surface area contributed by atoms with Crippen molar-refractivity contribution in [3.63, 3.8) is 0 Å². The van der Waals surface area contributed by atoms with E-state index in [1.54, 1.807) is 30.2 Å². The van der Waals surface area contributed by atoms with E-state index in [9.17, 15) is 4.79 Å². The van der Waals surface area contributed by atoms with Gasteiger partial charge in [0, 0.05) is 35.6 Å². The van der Waals surface area contributed by atoms with Crippen LogP contribution in [0.3, 0.4) is 0 Å². The molecule has 7 heteroatoms. The van der Waals surface area contributed by atoms with Crippen molar-refractivity contribution in [1.82, 2.24) is 14.1 Å². The third-order valence-corrected chi connectivity index (χ3v) is 7.14. The van der Waals surface area contributed by atoms with Gasteiger partial charge >= 0.3 is 0 Å². The lowest BCUT2D eigenvalue weighted by Gasteiger charge is -2.33. The third-order valence-electron chi connectivity index (χ3n) is 6.67. The molecule has 0 saturated carbocycles. The van der Waals surface area contributed by atoms with Crippen molar-refractivity contribution in [2.75, 3.05) is 0 Å². The summed E-state index contributed by atoms with van der Waals surface area (Å²) in [5, 5.41) is 2.15. The van der Waals surface area contributed by atoms with Crippen molar-refractivity contribution in [1.29, 1.82) is 0 Å². The van der Waals surface area contributed by atoms with Crippen molar-refractivity contribution in [2.24, 2.45) is 19.8 Å². The standard InChI is InChI=1S/C28H24Cl2N4O/c1-17-11-21(30)8-9-24(17)28(31,26-15-32-16-33(26)2)19-7-10-25-23(13-19)22(14-27(35)34(25)3)18-5-4-6-20(29)12-18/h4-16H,31H2,1-3H3/t28-/m0/s1. The Morgan fingerprint density at radius 3 is 2.40 bits per heavy atom. The number of nitrogens with two attached hydrogens (primary N) is 1. The molecule has 3 aromatic carbocycles. The molecule has 1 atom stereocenters. The van der Waals surface area contributed by atoms with Crippen LogP contribution in [0.2, 0.25) is 10.0 Å². The lowest BCUT2D eigenvalue weighted by atomic mass is 9.78. The number of benzene rings is 3. The second-order valence-corrected chi connectivity index (χ2v) is 9.73. The predicted octanol–water partition coefficient (Wildman–Crippen LogP) is 5.80. The lowest BCUT2D eigenvalue weighted by molar-refractivity contribution is 0.593. The summed E-state index contributed by atoms with van der Waals surface area (Å²) < 4.78 is 3.57. The zero-order valence-corrected chi connectivity index (χ0v) is 21.1. The van der Waals surface area contributed by atoms with Crippen LogP contribution in [0.1, 0.15) is 22.4 Å². The molecule has 2 heterocycles. The van der Waals surface area contributed by atoms with Crippen LogP contribution < -0.4 is 11.3 Å². The molecule has 0 spiro atoms. The number of pyridine rings is 1. The molecule has 176 valence electrons. The maximum Gasteiger partial charge on any atom is 0.251 e. The number of aryl methyl sites for hydroxylation is 3. The van der Waals surface area contributed by atoms with Gasteiger partial charge in [0.15, 0.2) is 0 Å². The highest BCUT2D eigenvalue weighted by molar-refractivity contribution is 6.31. The molecule has 5 rings (SSSR count). The highest BCUT2D eigenvalue weighted by Gasteiger charge is 2.36. The van der Waals surface area contributed by atoms with E-state index in [0.717, 1.165) is 44.4 Å². The fourth-order valence-electron chi connectivity index (χ4n) is 4.85. The van der Waals surface area contributed by atoms with E-state index in [2.05, 4.69) is 11.1 Å². The third kappa shape index (κ3) is 3.86. The van der Waals surface area contributed by atoms with Crippen LogP contribution in [0.4, 0.5) is 0 Å². The molecule has 0 saturated heterocycles. The molecule has 0 aliphatic rings. The molecule has 5 nitrogen and oxygen atoms in total. The summed E-state index contributed by atoms with van der Waals surface area (Å²) >= 11 is 12.6. The van der Waals surface area contributed by atoms with Gasteiger partial charge in [-0.3, -0.25) is 4.79 Å². The monoisotopic (exact) mass is 502 g/mol. The molecule has 0 amide bonds. The van der Waals surface area contributed by atoms with Gasteiger partial charge in [-0.1, -0.05) is 47.5 Å². The average molecular weight is 503 g/mol. The topological polar surface area (TPSA) is 65.8 Å². The Balaban J connectivity index is 1.86. The molecule has 35 heavy (non-hydrogen) atoms. The average Bonchev–Trinajstić information content (AvgIpc) is 3.27. The molecular formula is C28H24Cl2N4O. The molecule has 0 fully saturated rings. The van der Waals surface area contributed by atoms with Crippen LogP contribution in [0.5, 0.6) is 0 Å². The Kier molecular flexibility index (Phi) is 5.80. The number of aromatic nitrogens is 3. The minimum Gasteiger partial charge on any atom is -0.336 e. The number of rotatable bonds is 4. The van der Waals surface area contributed by atoms with E-state index in [4.69, 9.17) is 28.9 Å². The number of fused-ring (bicyclic) bond motifs is 1. The number of nitrogens with zero attached hydrogens (tertiary/aromatic N) is 3. The first-order valence-corrected chi connectivity index (χ1v) is 11.9. The van der Waals surface area contributed by atoms with Gasteiger partial charge in [-0.25, -0.2) is 4.98 Å². The summed E-state index contributed by atoms with van der Waals surface area (Å²) in [6, 6.07) is 20.9. The van der Waals surface area contributed by atoms with Crippen LogP contribution in [0.15, 0.2) is 84.0 Å². The van der Waals surface area contributed by atoms with Gasteiger partial charge in [-0.15, -0.1) is 0 Å². The van der Waals surface area contributed by atoms with Gasteiger partial charge in [0.1, 0.15) is 5.54 Å². The van der Waals surface area contributed by atoms with Crippen LogP contribution >= 0.6 is 23.2 Å². The molecule has 5 aromatic rings. The second kappa shape index (κ2) is 8.68. The van der Waals surface area contributed by atoms with Crippen molar-refractivity contribution in [3.8, 4) is 11.1 Å². The summed E-state index contributed by atoms with van der Waals surface area (Å²) in [7, 11) is 3.70. The second-order valence-electron chi connectivity index (χ2n) is 8.85. The minimum atomic E-state index is -1.02. The van der Waals surface area contributed by atoms with Crippen LogP contribution in [-0.2, 0) is 19.6 Å². The lowest BCUT2D eigenvalue weighted by Crippen LogP contribution is -2.41. The van der Waals surface area contributed by atoms with Crippen LogP contribution in [0, 0.1) is 6.92 Å². The Hall–Kier alpha value is -3.38. The maximum atomic E-state index is 12.8. The maximum absolute atomic E-state index is 12.8. The first-order valence-electron chi connectivity index (χ1n) is 11.1. The normalized spacial score (nSPS) is 13.2. The summed E-state index contributed by atoms with van der Waals surface area (Å²) in [5.74, 6) is 0. The van der Waals surface area contributed by atoms with E-state index in [-0.39, 0.29) is 5.56 Å². The first-order chi connectivity index (χ1) is 16.7. The number of hydrogen-bond acceptors (Lipinski definition) is 3. The fraction of sp³-hybridized carbons (Fsp3) is 0.143. The molecule has 0 aliphatic carbocycles. The summed E-state index contributed by atoms with van der Waals surface area (Å²) in [5.41, 5.74) is 12.3. The number of imidazole rings is 1. The van der Waals surface area contributed by atoms with E-state index in [0.29, 0.717) is 10.0 Å². The Morgan fingerprint density at radius 2 is 1.71 bits per heavy atom. The summed E-state index contributed by atoms with van der Waals surface area (Å²) in [6.07, 6.45) is 3.53. The largest absolute Gasteiger partial charge is 0.336 e. The van der Waals surface area contributed by atoms with Gasteiger partial charge in [0.25, 0.3) is 5.56 Å². The van der Waals surface area contributed by atoms with Gasteiger partial charge in [0.05, 0.1) is 23.7 Å². The summed E-state index contributed by atoms with van der Waals surface area (Å²) in [6.45, 7) is 2.00. The molecule has 0 unspecified atom stereocenters. The molecule has 2 N–H and O–H groups in total. The van der Waals surface area contributed by atoms with Crippen molar-refractivity contribution < 1.29 is 0 Å². The van der Waals surface area contributed by atoms with Gasteiger partial charge < -0.3 is 14.9 Å². The molecule has 0 radical (unpaired) electrons. The highest BCUT2D eigenvalue weighted by Crippen LogP contribution is 2.39. The van der Waals surface area contributed by atoms with E-state index in [1.807, 2.05) is 73.1 Å². The Bertz CT molecular complexity index is 1650. The quantitative estimate of drug-likeness (QED) is 0.337. The van der Waals surface area contributed by atoms with Crippen molar-refractivity contribution in [2.45, 2.75) is 12.5 Å². The molecule has 0 bridgehead atoms. The molecule has 2 aromatic heterocycles. The van der Waals surface area contributed by atoms with Crippen LogP contribution in [-0.4, -0.2) is 14.1 Å². The zero-order valence-electron chi connectivity index (χ0n) is 19.6. The van der Waals surface area contributed by atoms with E-state index in [1.165, 1.54) is 0 Å². The minimum absolute atomic E-state index is 0.0978. The number of halogens is 2. The highest BCUT2D eigenvalue weighted by atomic mass is 35.5. The smallest absolute Gasteiger partial charge is 0.251 e.